The maximum Gasteiger partial charge on any atom is 0.303 e. The summed E-state index contributed by atoms with van der Waals surface area (Å²) in [6.07, 6.45) is 5.79. The average Bonchev–Trinajstić information content (AvgIpc) is 3.05. The van der Waals surface area contributed by atoms with Gasteiger partial charge in [0.25, 0.3) is 0 Å². The van der Waals surface area contributed by atoms with Crippen LogP contribution in [0.25, 0.3) is 0 Å². The minimum Gasteiger partial charge on any atom is -0.481 e. The van der Waals surface area contributed by atoms with Crippen LogP contribution in [-0.2, 0) is 43.2 Å². The Morgan fingerprint density at radius 1 is 0.500 bits per heavy atom. The van der Waals surface area contributed by atoms with Crippen molar-refractivity contribution >= 4 is 53.3 Å². The lowest BCUT2D eigenvalue weighted by atomic mass is 10.0. The highest BCUT2D eigenvalue weighted by Gasteiger charge is 2.31. The maximum atomic E-state index is 13.0. The van der Waals surface area contributed by atoms with Crippen LogP contribution in [0.3, 0.4) is 0 Å². The molecule has 0 aliphatic carbocycles. The van der Waals surface area contributed by atoms with E-state index in [1.54, 1.807) is 13.8 Å². The minimum atomic E-state index is -1.49. The Kier molecular flexibility index (Phi) is 22.9. The van der Waals surface area contributed by atoms with Gasteiger partial charge in [-0.05, 0) is 46.0 Å². The van der Waals surface area contributed by atoms with Crippen LogP contribution in [0.15, 0.2) is 0 Å². The third-order valence-electron chi connectivity index (χ3n) is 8.12. The SMILES string of the molecule is CCCCCCCCCC(=O)N[C@H](C(=O)N[C@@H](C)C(=O)N[C@@H](C)C(=O)N[C@@H](C)C(=O)N[C@@H](CCC(=O)O)C(=O)N[C@@H](CCC(=O)O)C(N)=O)C(C)C. The van der Waals surface area contributed by atoms with E-state index in [9.17, 15) is 43.2 Å². The Bertz CT molecular complexity index is 1240. The van der Waals surface area contributed by atoms with Crippen LogP contribution in [0.1, 0.15) is 119 Å². The van der Waals surface area contributed by atoms with Crippen molar-refractivity contribution in [1.82, 2.24) is 31.9 Å². The highest BCUT2D eigenvalue weighted by Crippen LogP contribution is 2.10. The zero-order valence-electron chi connectivity index (χ0n) is 31.2. The summed E-state index contributed by atoms with van der Waals surface area (Å²) in [7, 11) is 0. The molecule has 0 heterocycles. The molecule has 296 valence electrons. The number of rotatable bonds is 27. The first-order chi connectivity index (χ1) is 24.3. The summed E-state index contributed by atoms with van der Waals surface area (Å²) in [6.45, 7) is 9.66. The zero-order chi connectivity index (χ0) is 40.0. The fraction of sp³-hybridized carbons (Fsp3) is 0.735. The summed E-state index contributed by atoms with van der Waals surface area (Å²) in [5, 5.41) is 32.6. The largest absolute Gasteiger partial charge is 0.481 e. The molecular weight excluding hydrogens is 682 g/mol. The first kappa shape index (κ1) is 47.2. The van der Waals surface area contributed by atoms with Crippen LogP contribution in [-0.4, -0.2) is 99.8 Å². The summed E-state index contributed by atoms with van der Waals surface area (Å²) in [4.78, 5) is 111. The van der Waals surface area contributed by atoms with Crippen molar-refractivity contribution in [3.63, 3.8) is 0 Å². The molecule has 18 nitrogen and oxygen atoms in total. The predicted molar refractivity (Wildman–Crippen MR) is 189 cm³/mol. The number of aliphatic carboxylic acids is 2. The van der Waals surface area contributed by atoms with Gasteiger partial charge in [-0.25, -0.2) is 0 Å². The van der Waals surface area contributed by atoms with E-state index < -0.39 is 103 Å². The topological polar surface area (TPSA) is 292 Å². The molecule has 0 unspecified atom stereocenters. The minimum absolute atomic E-state index is 0.262. The molecule has 10 N–H and O–H groups in total. The number of hydrogen-bond donors (Lipinski definition) is 9. The monoisotopic (exact) mass is 741 g/mol. The second-order valence-electron chi connectivity index (χ2n) is 13.2. The molecule has 6 atom stereocenters. The van der Waals surface area contributed by atoms with Crippen molar-refractivity contribution < 1.29 is 53.4 Å². The number of carbonyl (C=O) groups is 9. The summed E-state index contributed by atoms with van der Waals surface area (Å²) in [5.41, 5.74) is 5.24. The van der Waals surface area contributed by atoms with E-state index in [0.29, 0.717) is 6.42 Å². The Morgan fingerprint density at radius 3 is 1.35 bits per heavy atom. The van der Waals surface area contributed by atoms with Crippen molar-refractivity contribution in [1.29, 1.82) is 0 Å². The normalized spacial score (nSPS) is 14.4. The smallest absolute Gasteiger partial charge is 0.303 e. The maximum absolute atomic E-state index is 13.0. The Morgan fingerprint density at radius 2 is 0.904 bits per heavy atom. The molecule has 0 aliphatic heterocycles. The molecule has 0 radical (unpaired) electrons. The van der Waals surface area contributed by atoms with Crippen LogP contribution in [0, 0.1) is 5.92 Å². The summed E-state index contributed by atoms with van der Waals surface area (Å²) < 4.78 is 0. The Balaban J connectivity index is 5.15. The van der Waals surface area contributed by atoms with Gasteiger partial charge in [0, 0.05) is 19.3 Å². The number of carbonyl (C=O) groups excluding carboxylic acids is 7. The Hall–Kier alpha value is -4.77. The second kappa shape index (κ2) is 25.2. The lowest BCUT2D eigenvalue weighted by Crippen LogP contribution is -2.58. The van der Waals surface area contributed by atoms with Gasteiger partial charge in [0.1, 0.15) is 36.3 Å². The molecule has 0 saturated heterocycles. The fourth-order valence-electron chi connectivity index (χ4n) is 4.86. The Labute approximate surface area is 304 Å². The molecule has 0 bridgehead atoms. The van der Waals surface area contributed by atoms with E-state index in [-0.39, 0.29) is 24.7 Å². The van der Waals surface area contributed by atoms with Crippen LogP contribution in [0.2, 0.25) is 0 Å². The molecule has 52 heavy (non-hydrogen) atoms. The van der Waals surface area contributed by atoms with Gasteiger partial charge in [-0.3, -0.25) is 43.2 Å². The highest BCUT2D eigenvalue weighted by molar-refractivity contribution is 5.96. The van der Waals surface area contributed by atoms with E-state index in [1.807, 2.05) is 0 Å². The quantitative estimate of drug-likeness (QED) is 0.0504. The molecule has 0 aliphatic rings. The third-order valence-corrected chi connectivity index (χ3v) is 8.12. The van der Waals surface area contributed by atoms with Crippen molar-refractivity contribution in [3.8, 4) is 0 Å². The van der Waals surface area contributed by atoms with Gasteiger partial charge in [0.05, 0.1) is 0 Å². The van der Waals surface area contributed by atoms with E-state index in [2.05, 4.69) is 38.8 Å². The van der Waals surface area contributed by atoms with Crippen LogP contribution < -0.4 is 37.6 Å². The van der Waals surface area contributed by atoms with Crippen molar-refractivity contribution in [2.24, 2.45) is 11.7 Å². The summed E-state index contributed by atoms with van der Waals surface area (Å²) in [6, 6.07) is -7.37. The number of primary amides is 1. The van der Waals surface area contributed by atoms with Crippen LogP contribution >= 0.6 is 0 Å². The van der Waals surface area contributed by atoms with Gasteiger partial charge in [-0.15, -0.1) is 0 Å². The molecule has 0 aromatic rings. The van der Waals surface area contributed by atoms with Crippen molar-refractivity contribution in [3.05, 3.63) is 0 Å². The molecule has 0 saturated carbocycles. The molecule has 0 aromatic carbocycles. The van der Waals surface area contributed by atoms with Gasteiger partial charge >= 0.3 is 11.9 Å². The van der Waals surface area contributed by atoms with Gasteiger partial charge < -0.3 is 47.8 Å². The molecule has 18 heteroatoms. The number of carboxylic acids is 2. The van der Waals surface area contributed by atoms with E-state index in [0.717, 1.165) is 25.7 Å². The number of nitrogens with two attached hydrogens (primary N) is 1. The molecular formula is C34H59N7O11. The zero-order valence-corrected chi connectivity index (χ0v) is 31.2. The highest BCUT2D eigenvalue weighted by atomic mass is 16.4. The molecule has 0 rings (SSSR count). The first-order valence-electron chi connectivity index (χ1n) is 17.8. The number of unbranched alkanes of at least 4 members (excludes halogenated alkanes) is 6. The van der Waals surface area contributed by atoms with Gasteiger partial charge in [0.2, 0.25) is 41.4 Å². The van der Waals surface area contributed by atoms with E-state index in [1.165, 1.54) is 33.6 Å². The standard InChI is InChI=1S/C34H59N7O11/c1-7-8-9-10-11-12-13-14-25(42)41-28(19(2)3)34(52)38-21(5)31(49)36-20(4)30(48)37-22(6)32(50)40-24(16-18-27(45)46)33(51)39-23(29(35)47)15-17-26(43)44/h19-24,28H,7-18H2,1-6H3,(H2,35,47)(H,36,49)(H,37,48)(H,38,52)(H,39,51)(H,40,50)(H,41,42)(H,43,44)(H,45,46)/t20-,21-,22-,23-,24-,28-/m0/s1. The summed E-state index contributed by atoms with van der Waals surface area (Å²) >= 11 is 0. The number of nitrogens with one attached hydrogen (secondary N) is 6. The van der Waals surface area contributed by atoms with E-state index in [4.69, 9.17) is 15.9 Å². The lowest BCUT2D eigenvalue weighted by Gasteiger charge is -2.25. The molecule has 0 aromatic heterocycles. The average molecular weight is 742 g/mol. The number of hydrogen-bond acceptors (Lipinski definition) is 9. The molecule has 0 fully saturated rings. The van der Waals surface area contributed by atoms with Gasteiger partial charge in [-0.2, -0.15) is 0 Å². The lowest BCUT2D eigenvalue weighted by molar-refractivity contribution is -0.139. The third kappa shape index (κ3) is 20.2. The second-order valence-corrected chi connectivity index (χ2v) is 13.2. The van der Waals surface area contributed by atoms with Crippen molar-refractivity contribution in [2.45, 2.75) is 155 Å². The predicted octanol–water partition coefficient (Wildman–Crippen LogP) is -0.0335. The van der Waals surface area contributed by atoms with Crippen molar-refractivity contribution in [2.75, 3.05) is 0 Å². The van der Waals surface area contributed by atoms with Crippen LogP contribution in [0.5, 0.6) is 0 Å². The summed E-state index contributed by atoms with van der Waals surface area (Å²) in [5.74, 6) is -8.11. The number of amides is 7. The van der Waals surface area contributed by atoms with Crippen LogP contribution in [0.4, 0.5) is 0 Å². The molecule has 7 amide bonds. The molecule has 0 spiro atoms. The van der Waals surface area contributed by atoms with E-state index >= 15 is 0 Å². The number of carboxylic acid groups (broad SMARTS) is 2. The first-order valence-corrected chi connectivity index (χ1v) is 17.8. The van der Waals surface area contributed by atoms with Gasteiger partial charge in [0.15, 0.2) is 0 Å². The fourth-order valence-corrected chi connectivity index (χ4v) is 4.86. The van der Waals surface area contributed by atoms with Gasteiger partial charge in [-0.1, -0.05) is 59.3 Å².